The highest BCUT2D eigenvalue weighted by molar-refractivity contribution is 7.09. The summed E-state index contributed by atoms with van der Waals surface area (Å²) in [6, 6.07) is 6.22. The first-order valence-electron chi connectivity index (χ1n) is 6.29. The molecule has 4 N–H and O–H groups in total. The van der Waals surface area contributed by atoms with Gasteiger partial charge < -0.3 is 16.2 Å². The van der Waals surface area contributed by atoms with Gasteiger partial charge in [0.15, 0.2) is 0 Å². The van der Waals surface area contributed by atoms with Gasteiger partial charge in [-0.3, -0.25) is 4.79 Å². The van der Waals surface area contributed by atoms with Crippen molar-refractivity contribution in [2.75, 3.05) is 0 Å². The minimum Gasteiger partial charge on any atom is -0.478 e. The molecule has 21 heavy (non-hydrogen) atoms. The molecule has 0 saturated heterocycles. The van der Waals surface area contributed by atoms with Crippen LogP contribution in [-0.2, 0) is 6.54 Å². The molecule has 0 bridgehead atoms. The molecule has 6 nitrogen and oxygen atoms in total. The minimum absolute atomic E-state index is 0.189. The lowest BCUT2D eigenvalue weighted by molar-refractivity contribution is 0.0696. The Labute approximate surface area is 125 Å². The largest absolute Gasteiger partial charge is 0.478 e. The number of nitrogens with two attached hydrogens (primary N) is 1. The van der Waals surface area contributed by atoms with Crippen molar-refractivity contribution in [3.63, 3.8) is 0 Å². The third-order valence-corrected chi connectivity index (χ3v) is 3.82. The molecule has 0 aliphatic carbocycles. The zero-order chi connectivity index (χ0) is 15.4. The van der Waals surface area contributed by atoms with Gasteiger partial charge in [-0.05, 0) is 24.6 Å². The number of carbonyl (C=O) groups excluding carboxylic acids is 1. The molecule has 7 heteroatoms. The maximum atomic E-state index is 11.9. The molecule has 1 amide bonds. The maximum absolute atomic E-state index is 11.9. The number of nitrogens with zero attached hydrogens (tertiary/aromatic N) is 1. The van der Waals surface area contributed by atoms with Crippen LogP contribution in [0.5, 0.6) is 0 Å². The number of rotatable bonds is 5. The number of amides is 1. The first-order valence-corrected chi connectivity index (χ1v) is 7.17. The second-order valence-corrected chi connectivity index (χ2v) is 5.44. The van der Waals surface area contributed by atoms with Crippen molar-refractivity contribution in [1.29, 1.82) is 0 Å². The van der Waals surface area contributed by atoms with E-state index in [-0.39, 0.29) is 24.1 Å². The van der Waals surface area contributed by atoms with Crippen LogP contribution in [0.15, 0.2) is 29.6 Å². The second kappa shape index (κ2) is 6.47. The number of benzene rings is 1. The Bertz CT molecular complexity index is 667. The van der Waals surface area contributed by atoms with E-state index in [2.05, 4.69) is 10.3 Å². The Morgan fingerprint density at radius 3 is 2.86 bits per heavy atom. The van der Waals surface area contributed by atoms with Gasteiger partial charge in [0.25, 0.3) is 5.91 Å². The lowest BCUT2D eigenvalue weighted by Gasteiger charge is -2.04. The van der Waals surface area contributed by atoms with E-state index in [4.69, 9.17) is 10.8 Å². The van der Waals surface area contributed by atoms with Crippen molar-refractivity contribution in [3.05, 3.63) is 51.5 Å². The van der Waals surface area contributed by atoms with Crippen LogP contribution in [0.1, 0.15) is 44.4 Å². The lowest BCUT2D eigenvalue weighted by atomic mass is 10.1. The fraction of sp³-hybridized carbons (Fsp3) is 0.214. The smallest absolute Gasteiger partial charge is 0.335 e. The Balaban J connectivity index is 2.00. The van der Waals surface area contributed by atoms with Crippen LogP contribution in [-0.4, -0.2) is 22.0 Å². The zero-order valence-electron chi connectivity index (χ0n) is 11.4. The molecule has 2 rings (SSSR count). The van der Waals surface area contributed by atoms with Crippen LogP contribution in [0.2, 0.25) is 0 Å². The summed E-state index contributed by atoms with van der Waals surface area (Å²) in [6.07, 6.45) is 0. The van der Waals surface area contributed by atoms with E-state index in [1.165, 1.54) is 23.5 Å². The molecule has 1 aromatic heterocycles. The molecule has 0 radical (unpaired) electrons. The summed E-state index contributed by atoms with van der Waals surface area (Å²) >= 11 is 1.34. The van der Waals surface area contributed by atoms with Gasteiger partial charge in [-0.2, -0.15) is 0 Å². The Kier molecular flexibility index (Phi) is 4.66. The normalized spacial score (nSPS) is 11.9. The zero-order valence-corrected chi connectivity index (χ0v) is 12.2. The first kappa shape index (κ1) is 15.1. The summed E-state index contributed by atoms with van der Waals surface area (Å²) in [5, 5.41) is 14.0. The molecule has 0 saturated carbocycles. The predicted molar refractivity (Wildman–Crippen MR) is 79.3 cm³/mol. The lowest BCUT2D eigenvalue weighted by Crippen LogP contribution is -2.23. The van der Waals surface area contributed by atoms with E-state index in [9.17, 15) is 9.59 Å². The van der Waals surface area contributed by atoms with Crippen molar-refractivity contribution >= 4 is 23.2 Å². The van der Waals surface area contributed by atoms with Crippen molar-refractivity contribution in [2.24, 2.45) is 5.73 Å². The number of carboxylic acids is 1. The quantitative estimate of drug-likeness (QED) is 0.781. The Morgan fingerprint density at radius 2 is 2.24 bits per heavy atom. The van der Waals surface area contributed by atoms with Gasteiger partial charge in [-0.15, -0.1) is 11.3 Å². The highest BCUT2D eigenvalue weighted by atomic mass is 32.1. The standard InChI is InChI=1S/C14H15N3O3S/c1-8(15)13-17-11(7-21-13)12(18)16-6-9-3-2-4-10(5-9)14(19)20/h2-5,7-8H,6,15H2,1H3,(H,16,18)(H,19,20). The molecule has 1 unspecified atom stereocenters. The molecule has 0 fully saturated rings. The molecule has 0 aliphatic heterocycles. The van der Waals surface area contributed by atoms with Crippen LogP contribution >= 0.6 is 11.3 Å². The molecule has 1 atom stereocenters. The molecule has 2 aromatic rings. The number of carbonyl (C=O) groups is 2. The van der Waals surface area contributed by atoms with Gasteiger partial charge in [0.05, 0.1) is 11.6 Å². The number of hydrogen-bond acceptors (Lipinski definition) is 5. The molecule has 110 valence electrons. The topological polar surface area (TPSA) is 105 Å². The highest BCUT2D eigenvalue weighted by Crippen LogP contribution is 2.15. The summed E-state index contributed by atoms with van der Waals surface area (Å²) in [7, 11) is 0. The van der Waals surface area contributed by atoms with Crippen LogP contribution < -0.4 is 11.1 Å². The van der Waals surface area contributed by atoms with E-state index in [0.717, 1.165) is 0 Å². The number of aromatic carboxylic acids is 1. The van der Waals surface area contributed by atoms with Crippen LogP contribution in [0.4, 0.5) is 0 Å². The fourth-order valence-electron chi connectivity index (χ4n) is 1.69. The van der Waals surface area contributed by atoms with Gasteiger partial charge in [0.1, 0.15) is 10.7 Å². The molecule has 0 spiro atoms. The molecular formula is C14H15N3O3S. The van der Waals surface area contributed by atoms with Gasteiger partial charge >= 0.3 is 5.97 Å². The van der Waals surface area contributed by atoms with E-state index in [1.54, 1.807) is 24.4 Å². The highest BCUT2D eigenvalue weighted by Gasteiger charge is 2.12. The van der Waals surface area contributed by atoms with E-state index in [1.807, 2.05) is 0 Å². The van der Waals surface area contributed by atoms with Crippen molar-refractivity contribution in [3.8, 4) is 0 Å². The summed E-state index contributed by atoms with van der Waals surface area (Å²) in [5.41, 5.74) is 6.92. The average Bonchev–Trinajstić information content (AvgIpc) is 2.95. The third kappa shape index (κ3) is 3.87. The average molecular weight is 305 g/mol. The predicted octanol–water partition coefficient (Wildman–Crippen LogP) is 1.79. The van der Waals surface area contributed by atoms with Crippen LogP contribution in [0, 0.1) is 0 Å². The van der Waals surface area contributed by atoms with E-state index < -0.39 is 5.97 Å². The number of aromatic nitrogens is 1. The minimum atomic E-state index is -0.996. The summed E-state index contributed by atoms with van der Waals surface area (Å²) in [5.74, 6) is -1.30. The van der Waals surface area contributed by atoms with E-state index in [0.29, 0.717) is 16.3 Å². The number of nitrogens with one attached hydrogen (secondary N) is 1. The first-order chi connectivity index (χ1) is 9.97. The SMILES string of the molecule is CC(N)c1nc(C(=O)NCc2cccc(C(=O)O)c2)cs1. The molecule has 0 aliphatic rings. The molecule has 1 aromatic carbocycles. The van der Waals surface area contributed by atoms with E-state index >= 15 is 0 Å². The number of thiazole rings is 1. The second-order valence-electron chi connectivity index (χ2n) is 4.55. The monoisotopic (exact) mass is 305 g/mol. The maximum Gasteiger partial charge on any atom is 0.335 e. The van der Waals surface area contributed by atoms with Crippen LogP contribution in [0.25, 0.3) is 0 Å². The third-order valence-electron chi connectivity index (χ3n) is 2.77. The van der Waals surface area contributed by atoms with Crippen molar-refractivity contribution in [2.45, 2.75) is 19.5 Å². The van der Waals surface area contributed by atoms with Gasteiger partial charge in [0, 0.05) is 11.9 Å². The van der Waals surface area contributed by atoms with Gasteiger partial charge in [-0.25, -0.2) is 9.78 Å². The van der Waals surface area contributed by atoms with Gasteiger partial charge in [0.2, 0.25) is 0 Å². The van der Waals surface area contributed by atoms with Crippen LogP contribution in [0.3, 0.4) is 0 Å². The van der Waals surface area contributed by atoms with Crippen molar-refractivity contribution in [1.82, 2.24) is 10.3 Å². The Hall–Kier alpha value is -2.25. The molecule has 1 heterocycles. The summed E-state index contributed by atoms with van der Waals surface area (Å²) in [6.45, 7) is 2.04. The fourth-order valence-corrected chi connectivity index (χ4v) is 2.45. The summed E-state index contributed by atoms with van der Waals surface area (Å²) < 4.78 is 0. The number of hydrogen-bond donors (Lipinski definition) is 3. The van der Waals surface area contributed by atoms with Gasteiger partial charge in [-0.1, -0.05) is 12.1 Å². The van der Waals surface area contributed by atoms with Crippen molar-refractivity contribution < 1.29 is 14.7 Å². The Morgan fingerprint density at radius 1 is 1.48 bits per heavy atom. The number of carboxylic acid groups (broad SMARTS) is 1. The summed E-state index contributed by atoms with van der Waals surface area (Å²) in [4.78, 5) is 27.0. The molecular weight excluding hydrogens is 290 g/mol.